The zero-order chi connectivity index (χ0) is 8.81. The normalized spacial score (nSPS) is 9.75. The van der Waals surface area contributed by atoms with Crippen LogP contribution in [0, 0.1) is 0 Å². The summed E-state index contributed by atoms with van der Waals surface area (Å²) in [4.78, 5) is 0. The lowest BCUT2D eigenvalue weighted by atomic mass is 10.1. The van der Waals surface area contributed by atoms with Crippen molar-refractivity contribution in [2.24, 2.45) is 0 Å². The van der Waals surface area contributed by atoms with Crippen molar-refractivity contribution in [1.29, 1.82) is 0 Å². The fourth-order valence-corrected chi connectivity index (χ4v) is 0.878. The van der Waals surface area contributed by atoms with Crippen LogP contribution >= 0.6 is 0 Å². The molecule has 0 aliphatic rings. The summed E-state index contributed by atoms with van der Waals surface area (Å²) in [6.07, 6.45) is 0. The van der Waals surface area contributed by atoms with E-state index in [-0.39, 0.29) is 0 Å². The highest BCUT2D eigenvalue weighted by Gasteiger charge is 1.92. The van der Waals surface area contributed by atoms with Crippen LogP contribution < -0.4 is 11.0 Å². The largest absolute Gasteiger partial charge is 0.427 e. The fraction of sp³-hybridized carbons (Fsp3) is 0.250. The van der Waals surface area contributed by atoms with Gasteiger partial charge in [0.05, 0.1) is 0 Å². The number of nitrogen functional groups attached to an aromatic ring is 1. The van der Waals surface area contributed by atoms with Gasteiger partial charge in [-0.25, -0.2) is 0 Å². The highest BCUT2D eigenvalue weighted by molar-refractivity contribution is 6.23. The molecule has 0 aromatic heterocycles. The van der Waals surface area contributed by atoms with Gasteiger partial charge in [0.25, 0.3) is 0 Å². The second-order valence-corrected chi connectivity index (χ2v) is 2.48. The Bertz CT molecular complexity index is 225. The first kappa shape index (κ1) is 9.10. The third kappa shape index (κ3) is 2.94. The molecule has 4 heteroatoms. The van der Waals surface area contributed by atoms with Gasteiger partial charge in [0.15, 0.2) is 0 Å². The standard InChI is InChI=1S/C8H12BN2O/c1-12-9-11-6-7-2-4-8(10)5-3-7/h2-5,11H,6,10H2,1H3. The third-order valence-corrected chi connectivity index (χ3v) is 1.49. The highest BCUT2D eigenvalue weighted by atomic mass is 16.4. The molecule has 12 heavy (non-hydrogen) atoms. The first-order valence-corrected chi connectivity index (χ1v) is 3.75. The number of benzene rings is 1. The Kier molecular flexibility index (Phi) is 3.64. The van der Waals surface area contributed by atoms with Gasteiger partial charge >= 0.3 is 7.62 Å². The van der Waals surface area contributed by atoms with E-state index in [4.69, 9.17) is 10.4 Å². The van der Waals surface area contributed by atoms with E-state index in [9.17, 15) is 0 Å². The Morgan fingerprint density at radius 2 is 2.08 bits per heavy atom. The van der Waals surface area contributed by atoms with Crippen LogP contribution in [-0.4, -0.2) is 14.7 Å². The Hall–Kier alpha value is -0.995. The third-order valence-electron chi connectivity index (χ3n) is 1.49. The van der Waals surface area contributed by atoms with Gasteiger partial charge in [-0.1, -0.05) is 12.1 Å². The molecule has 3 N–H and O–H groups in total. The van der Waals surface area contributed by atoms with Crippen LogP contribution in [0.15, 0.2) is 24.3 Å². The van der Waals surface area contributed by atoms with Gasteiger partial charge in [-0.2, -0.15) is 0 Å². The summed E-state index contributed by atoms with van der Waals surface area (Å²) in [6.45, 7) is 0.758. The SMILES string of the molecule is CO[B]NCc1ccc(N)cc1. The van der Waals surface area contributed by atoms with Crippen molar-refractivity contribution in [2.75, 3.05) is 12.8 Å². The molecule has 0 bridgehead atoms. The fourth-order valence-electron chi connectivity index (χ4n) is 0.878. The zero-order valence-corrected chi connectivity index (χ0v) is 7.08. The molecule has 0 amide bonds. The van der Waals surface area contributed by atoms with Gasteiger partial charge in [0.2, 0.25) is 0 Å². The molecule has 0 spiro atoms. The van der Waals surface area contributed by atoms with Crippen LogP contribution in [-0.2, 0) is 11.2 Å². The summed E-state index contributed by atoms with van der Waals surface area (Å²) < 4.78 is 4.73. The van der Waals surface area contributed by atoms with E-state index < -0.39 is 0 Å². The molecule has 1 radical (unpaired) electrons. The number of rotatable bonds is 4. The first-order valence-electron chi connectivity index (χ1n) is 3.75. The molecule has 0 fully saturated rings. The molecule has 0 saturated carbocycles. The molecule has 1 aromatic rings. The molecule has 63 valence electrons. The molecule has 0 heterocycles. The highest BCUT2D eigenvalue weighted by Crippen LogP contribution is 2.04. The van der Waals surface area contributed by atoms with Crippen molar-refractivity contribution >= 4 is 13.3 Å². The molecule has 0 unspecified atom stereocenters. The van der Waals surface area contributed by atoms with Crippen LogP contribution in [0.4, 0.5) is 5.69 Å². The predicted molar refractivity (Wildman–Crippen MR) is 50.5 cm³/mol. The summed E-state index contributed by atoms with van der Waals surface area (Å²) >= 11 is 0. The van der Waals surface area contributed by atoms with Gasteiger partial charge < -0.3 is 15.6 Å². The van der Waals surface area contributed by atoms with Crippen molar-refractivity contribution in [3.8, 4) is 0 Å². The number of hydrogen-bond acceptors (Lipinski definition) is 3. The number of nitrogens with one attached hydrogen (secondary N) is 1. The minimum Gasteiger partial charge on any atom is -0.427 e. The van der Waals surface area contributed by atoms with Gasteiger partial charge in [0, 0.05) is 19.3 Å². The van der Waals surface area contributed by atoms with E-state index in [0.717, 1.165) is 12.2 Å². The summed E-state index contributed by atoms with van der Waals surface area (Å²) in [7, 11) is 3.16. The first-order chi connectivity index (χ1) is 5.83. The van der Waals surface area contributed by atoms with Gasteiger partial charge in [-0.15, -0.1) is 0 Å². The smallest absolute Gasteiger partial charge is 0.395 e. The maximum Gasteiger partial charge on any atom is 0.395 e. The van der Waals surface area contributed by atoms with Gasteiger partial charge in [-0.3, -0.25) is 0 Å². The van der Waals surface area contributed by atoms with Crippen LogP contribution in [0.2, 0.25) is 0 Å². The molecule has 0 aliphatic heterocycles. The van der Waals surface area contributed by atoms with Crippen molar-refractivity contribution in [3.05, 3.63) is 29.8 Å². The van der Waals surface area contributed by atoms with E-state index in [1.165, 1.54) is 5.56 Å². The average Bonchev–Trinajstić information content (AvgIpc) is 2.09. The lowest BCUT2D eigenvalue weighted by molar-refractivity contribution is 0.430. The number of hydrogen-bond donors (Lipinski definition) is 2. The molecular weight excluding hydrogens is 151 g/mol. The average molecular weight is 163 g/mol. The quantitative estimate of drug-likeness (QED) is 0.386. The maximum absolute atomic E-state index is 5.53. The van der Waals surface area contributed by atoms with Crippen molar-refractivity contribution in [1.82, 2.24) is 5.23 Å². The Morgan fingerprint density at radius 1 is 1.42 bits per heavy atom. The Balaban J connectivity index is 2.37. The summed E-state index contributed by atoms with van der Waals surface area (Å²) in [5.41, 5.74) is 7.49. The van der Waals surface area contributed by atoms with Crippen LogP contribution in [0.3, 0.4) is 0 Å². The molecule has 1 rings (SSSR count). The van der Waals surface area contributed by atoms with Crippen molar-refractivity contribution < 1.29 is 4.65 Å². The van der Waals surface area contributed by atoms with E-state index in [1.807, 2.05) is 24.3 Å². The van der Waals surface area contributed by atoms with Crippen LogP contribution in [0.1, 0.15) is 5.56 Å². The molecule has 0 saturated heterocycles. The second kappa shape index (κ2) is 4.80. The molecule has 0 atom stereocenters. The Morgan fingerprint density at radius 3 is 2.67 bits per heavy atom. The van der Waals surface area contributed by atoms with E-state index in [0.29, 0.717) is 0 Å². The molecule has 1 aromatic carbocycles. The van der Waals surface area contributed by atoms with Crippen LogP contribution in [0.5, 0.6) is 0 Å². The lowest BCUT2D eigenvalue weighted by Gasteiger charge is -2.01. The number of anilines is 1. The topological polar surface area (TPSA) is 47.3 Å². The van der Waals surface area contributed by atoms with Crippen LogP contribution in [0.25, 0.3) is 0 Å². The van der Waals surface area contributed by atoms with Crippen molar-refractivity contribution in [3.63, 3.8) is 0 Å². The minimum atomic E-state index is 0.758. The predicted octanol–water partition coefficient (Wildman–Crippen LogP) is 0.539. The summed E-state index contributed by atoms with van der Waals surface area (Å²) in [5, 5.41) is 2.98. The Labute approximate surface area is 73.2 Å². The second-order valence-electron chi connectivity index (χ2n) is 2.48. The van der Waals surface area contributed by atoms with E-state index in [1.54, 1.807) is 14.7 Å². The van der Waals surface area contributed by atoms with Gasteiger partial charge in [-0.05, 0) is 17.7 Å². The monoisotopic (exact) mass is 163 g/mol. The summed E-state index contributed by atoms with van der Waals surface area (Å²) in [5.74, 6) is 0. The maximum atomic E-state index is 5.53. The van der Waals surface area contributed by atoms with Gasteiger partial charge in [0.1, 0.15) is 0 Å². The van der Waals surface area contributed by atoms with E-state index >= 15 is 0 Å². The zero-order valence-electron chi connectivity index (χ0n) is 7.08. The molecule has 0 aliphatic carbocycles. The number of nitrogens with two attached hydrogens (primary N) is 1. The molecule has 3 nitrogen and oxygen atoms in total. The molecular formula is C8H12BN2O. The summed E-state index contributed by atoms with van der Waals surface area (Å²) in [6, 6.07) is 7.71. The minimum absolute atomic E-state index is 0.758. The van der Waals surface area contributed by atoms with E-state index in [2.05, 4.69) is 5.23 Å². The van der Waals surface area contributed by atoms with Crippen molar-refractivity contribution in [2.45, 2.75) is 6.54 Å². The lowest BCUT2D eigenvalue weighted by Crippen LogP contribution is -2.19.